The maximum atomic E-state index is 11.7. The standard InChI is InChI=1S/C13H11N3O4S2/c17-11(6-22-13-14-3-4-21-13)16-12(18)15-8-1-2-9-10(5-8)20-7-19-9/h1-5H,6-7H2,(H2,15,16,17,18). The number of amides is 3. The van der Waals surface area contributed by atoms with Crippen LogP contribution in [0.2, 0.25) is 0 Å². The molecule has 3 amide bonds. The minimum absolute atomic E-state index is 0.127. The van der Waals surface area contributed by atoms with Crippen molar-refractivity contribution in [2.45, 2.75) is 4.34 Å². The monoisotopic (exact) mass is 337 g/mol. The van der Waals surface area contributed by atoms with Crippen LogP contribution in [0.5, 0.6) is 11.5 Å². The third-order valence-electron chi connectivity index (χ3n) is 2.62. The van der Waals surface area contributed by atoms with Crippen LogP contribution in [-0.2, 0) is 4.79 Å². The Labute approximate surface area is 134 Å². The molecule has 0 fully saturated rings. The number of anilines is 1. The van der Waals surface area contributed by atoms with Crippen LogP contribution in [0.15, 0.2) is 34.1 Å². The molecule has 0 radical (unpaired) electrons. The SMILES string of the molecule is O=C(CSc1nccs1)NC(=O)Nc1ccc2c(c1)OCO2. The topological polar surface area (TPSA) is 89.6 Å². The number of benzene rings is 1. The fraction of sp³-hybridized carbons (Fsp3) is 0.154. The van der Waals surface area contributed by atoms with E-state index < -0.39 is 11.9 Å². The van der Waals surface area contributed by atoms with E-state index in [4.69, 9.17) is 9.47 Å². The Balaban J connectivity index is 1.48. The fourth-order valence-electron chi connectivity index (χ4n) is 1.71. The lowest BCUT2D eigenvalue weighted by atomic mass is 10.3. The number of nitrogens with zero attached hydrogens (tertiary/aromatic N) is 1. The highest BCUT2D eigenvalue weighted by Gasteiger charge is 2.15. The first-order valence-corrected chi connectivity index (χ1v) is 8.10. The van der Waals surface area contributed by atoms with E-state index in [1.807, 2.05) is 5.38 Å². The summed E-state index contributed by atoms with van der Waals surface area (Å²) in [6.45, 7) is 0.164. The summed E-state index contributed by atoms with van der Waals surface area (Å²) < 4.78 is 11.2. The highest BCUT2D eigenvalue weighted by Crippen LogP contribution is 2.34. The van der Waals surface area contributed by atoms with Crippen molar-refractivity contribution in [3.63, 3.8) is 0 Å². The molecule has 0 atom stereocenters. The molecule has 114 valence electrons. The highest BCUT2D eigenvalue weighted by atomic mass is 32.2. The Kier molecular flexibility index (Phi) is 4.45. The van der Waals surface area contributed by atoms with Gasteiger partial charge in [-0.3, -0.25) is 10.1 Å². The number of hydrogen-bond acceptors (Lipinski definition) is 7. The number of carbonyl (C=O) groups excluding carboxylic acids is 2. The molecule has 22 heavy (non-hydrogen) atoms. The van der Waals surface area contributed by atoms with Crippen LogP contribution < -0.4 is 20.1 Å². The Morgan fingerprint density at radius 1 is 1.32 bits per heavy atom. The van der Waals surface area contributed by atoms with Gasteiger partial charge in [0.15, 0.2) is 11.5 Å². The predicted octanol–water partition coefficient (Wildman–Crippen LogP) is 2.31. The second kappa shape index (κ2) is 6.67. The summed E-state index contributed by atoms with van der Waals surface area (Å²) in [6.07, 6.45) is 1.66. The third kappa shape index (κ3) is 3.68. The smallest absolute Gasteiger partial charge is 0.325 e. The predicted molar refractivity (Wildman–Crippen MR) is 82.6 cm³/mol. The second-order valence-electron chi connectivity index (χ2n) is 4.16. The fourth-order valence-corrected chi connectivity index (χ4v) is 3.15. The number of aromatic nitrogens is 1. The average Bonchev–Trinajstić information content (AvgIpc) is 3.15. The molecule has 1 aliphatic heterocycles. The highest BCUT2D eigenvalue weighted by molar-refractivity contribution is 8.01. The van der Waals surface area contributed by atoms with Crippen molar-refractivity contribution in [1.82, 2.24) is 10.3 Å². The van der Waals surface area contributed by atoms with E-state index in [1.165, 1.54) is 23.1 Å². The zero-order chi connectivity index (χ0) is 15.4. The summed E-state index contributed by atoms with van der Waals surface area (Å²) in [4.78, 5) is 27.5. The van der Waals surface area contributed by atoms with Crippen LogP contribution in [0.25, 0.3) is 0 Å². The van der Waals surface area contributed by atoms with Crippen LogP contribution >= 0.6 is 23.1 Å². The molecule has 0 aliphatic carbocycles. The van der Waals surface area contributed by atoms with Crippen LogP contribution in [0.1, 0.15) is 0 Å². The normalized spacial score (nSPS) is 12.0. The van der Waals surface area contributed by atoms with Gasteiger partial charge in [-0.1, -0.05) is 11.8 Å². The van der Waals surface area contributed by atoms with Crippen LogP contribution in [0.3, 0.4) is 0 Å². The summed E-state index contributed by atoms with van der Waals surface area (Å²) in [6, 6.07) is 4.40. The van der Waals surface area contributed by atoms with Gasteiger partial charge in [-0.2, -0.15) is 0 Å². The summed E-state index contributed by atoms with van der Waals surface area (Å²) in [5.41, 5.74) is 0.516. The Bertz CT molecular complexity index is 691. The number of imide groups is 1. The first-order valence-electron chi connectivity index (χ1n) is 6.23. The van der Waals surface area contributed by atoms with Gasteiger partial charge in [0.25, 0.3) is 0 Å². The van der Waals surface area contributed by atoms with Gasteiger partial charge in [-0.15, -0.1) is 11.3 Å². The van der Waals surface area contributed by atoms with Gasteiger partial charge in [0, 0.05) is 23.3 Å². The van der Waals surface area contributed by atoms with Crippen LogP contribution in [0.4, 0.5) is 10.5 Å². The van der Waals surface area contributed by atoms with Crippen molar-refractivity contribution in [1.29, 1.82) is 0 Å². The number of carbonyl (C=O) groups is 2. The van der Waals surface area contributed by atoms with E-state index in [0.717, 1.165) is 4.34 Å². The van der Waals surface area contributed by atoms with Crippen molar-refractivity contribution < 1.29 is 19.1 Å². The summed E-state index contributed by atoms with van der Waals surface area (Å²) in [5, 5.41) is 6.65. The maximum absolute atomic E-state index is 11.7. The Hall–Kier alpha value is -2.26. The molecule has 0 saturated carbocycles. The Morgan fingerprint density at radius 2 is 2.18 bits per heavy atom. The van der Waals surface area contributed by atoms with E-state index in [0.29, 0.717) is 17.2 Å². The van der Waals surface area contributed by atoms with Gasteiger partial charge in [-0.05, 0) is 12.1 Å². The third-order valence-corrected chi connectivity index (χ3v) is 4.59. The molecule has 0 saturated heterocycles. The summed E-state index contributed by atoms with van der Waals surface area (Å²) >= 11 is 2.72. The van der Waals surface area contributed by atoms with Gasteiger partial charge in [-0.25, -0.2) is 9.78 Å². The lowest BCUT2D eigenvalue weighted by Crippen LogP contribution is -2.35. The molecule has 0 spiro atoms. The molecule has 0 unspecified atom stereocenters. The first-order chi connectivity index (χ1) is 10.7. The molecule has 3 rings (SSSR count). The summed E-state index contributed by atoms with van der Waals surface area (Å²) in [7, 11) is 0. The zero-order valence-electron chi connectivity index (χ0n) is 11.2. The van der Waals surface area contributed by atoms with Crippen molar-refractivity contribution in [3.05, 3.63) is 29.8 Å². The molecular formula is C13H11N3O4S2. The number of fused-ring (bicyclic) bond motifs is 1. The van der Waals surface area contributed by atoms with E-state index in [1.54, 1.807) is 24.4 Å². The van der Waals surface area contributed by atoms with E-state index in [9.17, 15) is 9.59 Å². The van der Waals surface area contributed by atoms with Crippen molar-refractivity contribution in [2.24, 2.45) is 0 Å². The minimum Gasteiger partial charge on any atom is -0.454 e. The van der Waals surface area contributed by atoms with E-state index in [-0.39, 0.29) is 12.5 Å². The number of urea groups is 1. The molecule has 1 aliphatic rings. The molecule has 2 N–H and O–H groups in total. The van der Waals surface area contributed by atoms with Crippen LogP contribution in [0, 0.1) is 0 Å². The van der Waals surface area contributed by atoms with Crippen molar-refractivity contribution in [2.75, 3.05) is 17.9 Å². The number of nitrogens with one attached hydrogen (secondary N) is 2. The number of hydrogen-bond donors (Lipinski definition) is 2. The molecule has 9 heteroatoms. The summed E-state index contributed by atoms with van der Waals surface area (Å²) in [5.74, 6) is 0.922. The number of thiazole rings is 1. The average molecular weight is 337 g/mol. The van der Waals surface area contributed by atoms with Gasteiger partial charge in [0.05, 0.1) is 5.75 Å². The van der Waals surface area contributed by atoms with Gasteiger partial charge in [0.1, 0.15) is 4.34 Å². The minimum atomic E-state index is -0.594. The van der Waals surface area contributed by atoms with Gasteiger partial charge < -0.3 is 14.8 Å². The lowest BCUT2D eigenvalue weighted by Gasteiger charge is -2.07. The molecule has 2 heterocycles. The number of rotatable bonds is 4. The number of thioether (sulfide) groups is 1. The Morgan fingerprint density at radius 3 is 3.00 bits per heavy atom. The van der Waals surface area contributed by atoms with Crippen molar-refractivity contribution in [3.8, 4) is 11.5 Å². The largest absolute Gasteiger partial charge is 0.454 e. The van der Waals surface area contributed by atoms with Gasteiger partial charge in [0.2, 0.25) is 12.7 Å². The molecule has 0 bridgehead atoms. The molecule has 1 aromatic heterocycles. The van der Waals surface area contributed by atoms with Crippen LogP contribution in [-0.4, -0.2) is 29.5 Å². The van der Waals surface area contributed by atoms with Crippen molar-refractivity contribution >= 4 is 40.7 Å². The van der Waals surface area contributed by atoms with Gasteiger partial charge >= 0.3 is 6.03 Å². The zero-order valence-corrected chi connectivity index (χ0v) is 12.8. The van der Waals surface area contributed by atoms with E-state index in [2.05, 4.69) is 15.6 Å². The lowest BCUT2D eigenvalue weighted by molar-refractivity contribution is -0.117. The molecule has 2 aromatic rings. The first kappa shape index (κ1) is 14.7. The second-order valence-corrected chi connectivity index (χ2v) is 6.27. The number of ether oxygens (including phenoxy) is 2. The quantitative estimate of drug-likeness (QED) is 0.832. The van der Waals surface area contributed by atoms with E-state index >= 15 is 0 Å². The maximum Gasteiger partial charge on any atom is 0.325 e. The molecule has 7 nitrogen and oxygen atoms in total. The molecular weight excluding hydrogens is 326 g/mol. The molecule has 1 aromatic carbocycles.